The Kier molecular flexibility index (Phi) is 9.16. The number of benzene rings is 3. The van der Waals surface area contributed by atoms with Crippen LogP contribution >= 0.6 is 0 Å². The van der Waals surface area contributed by atoms with Crippen molar-refractivity contribution in [3.63, 3.8) is 0 Å². The monoisotopic (exact) mass is 546 g/mol. The van der Waals surface area contributed by atoms with Crippen LogP contribution in [0.25, 0.3) is 0 Å². The van der Waals surface area contributed by atoms with Crippen molar-refractivity contribution in [3.05, 3.63) is 114 Å². The predicted molar refractivity (Wildman–Crippen MR) is 151 cm³/mol. The third kappa shape index (κ3) is 7.34. The second kappa shape index (κ2) is 12.7. The molecule has 0 N–H and O–H groups in total. The van der Waals surface area contributed by atoms with Gasteiger partial charge in [0.1, 0.15) is 5.75 Å². The first-order chi connectivity index (χ1) is 18.8. The number of imidazole rings is 1. The highest BCUT2D eigenvalue weighted by Gasteiger charge is 2.26. The van der Waals surface area contributed by atoms with Gasteiger partial charge in [-0.05, 0) is 49.5 Å². The van der Waals surface area contributed by atoms with Crippen LogP contribution in [0.2, 0.25) is 0 Å². The zero-order valence-electron chi connectivity index (χ0n) is 22.5. The number of likely N-dealkylation sites (N-methyl/N-ethyl adjacent to an activating group) is 1. The zero-order valence-corrected chi connectivity index (χ0v) is 23.3. The first kappa shape index (κ1) is 28.1. The minimum absolute atomic E-state index is 0.00494. The van der Waals surface area contributed by atoms with E-state index in [1.54, 1.807) is 59.2 Å². The lowest BCUT2D eigenvalue weighted by Crippen LogP contribution is -2.37. The third-order valence-electron chi connectivity index (χ3n) is 6.36. The maximum absolute atomic E-state index is 13.6. The predicted octanol–water partition coefficient (Wildman–Crippen LogP) is 4.12. The Morgan fingerprint density at radius 2 is 1.49 bits per heavy atom. The van der Waals surface area contributed by atoms with Crippen molar-refractivity contribution in [3.8, 4) is 5.75 Å². The number of sulfone groups is 1. The molecule has 1 aromatic heterocycles. The van der Waals surface area contributed by atoms with Gasteiger partial charge in [0, 0.05) is 18.7 Å². The Balaban J connectivity index is 1.70. The summed E-state index contributed by atoms with van der Waals surface area (Å²) >= 11 is 0. The normalized spacial score (nSPS) is 11.5. The molecule has 9 heteroatoms. The molecule has 0 spiro atoms. The van der Waals surface area contributed by atoms with Gasteiger partial charge < -0.3 is 19.1 Å². The van der Waals surface area contributed by atoms with E-state index in [-0.39, 0.29) is 23.4 Å². The van der Waals surface area contributed by atoms with Gasteiger partial charge in [-0.3, -0.25) is 4.79 Å². The number of rotatable bonds is 12. The van der Waals surface area contributed by atoms with Crippen molar-refractivity contribution in [2.45, 2.75) is 24.0 Å². The van der Waals surface area contributed by atoms with E-state index in [0.717, 1.165) is 5.56 Å². The van der Waals surface area contributed by atoms with Gasteiger partial charge in [-0.2, -0.15) is 0 Å². The lowest BCUT2D eigenvalue weighted by molar-refractivity contribution is 0.0728. The number of methoxy groups -OCH3 is 1. The minimum Gasteiger partial charge on any atom is -0.497 e. The molecular formula is C30H34N4O4S. The van der Waals surface area contributed by atoms with Gasteiger partial charge in [-0.25, -0.2) is 13.4 Å². The SMILES string of the molecule is COc1ccc(C(=O)N(CCN(C)C)Cc2cnc(S(=O)(=O)Cc3ccccc3)n2Cc2ccccc2)cc1. The average Bonchev–Trinajstić information content (AvgIpc) is 3.34. The van der Waals surface area contributed by atoms with Crippen molar-refractivity contribution >= 4 is 15.7 Å². The standard InChI is InChI=1S/C30H34N4O4S/c1-32(2)18-19-33(29(35)26-14-16-28(38-3)17-15-26)22-27-20-31-30(34(27)21-24-10-6-4-7-11-24)39(36,37)23-25-12-8-5-9-13-25/h4-17,20H,18-19,21-23H2,1-3H3. The number of amides is 1. The molecule has 0 aliphatic rings. The van der Waals surface area contributed by atoms with E-state index < -0.39 is 9.84 Å². The Hall–Kier alpha value is -3.95. The highest BCUT2D eigenvalue weighted by Crippen LogP contribution is 2.22. The Labute approximate surface area is 230 Å². The van der Waals surface area contributed by atoms with E-state index in [2.05, 4.69) is 4.98 Å². The fourth-order valence-electron chi connectivity index (χ4n) is 4.24. The molecule has 0 aliphatic heterocycles. The van der Waals surface area contributed by atoms with Crippen LogP contribution in [-0.4, -0.2) is 68.0 Å². The van der Waals surface area contributed by atoms with Crippen molar-refractivity contribution in [2.24, 2.45) is 0 Å². The van der Waals surface area contributed by atoms with Crippen molar-refractivity contribution in [1.82, 2.24) is 19.4 Å². The first-order valence-electron chi connectivity index (χ1n) is 12.7. The molecule has 4 aromatic rings. The Bertz CT molecular complexity index is 1470. The summed E-state index contributed by atoms with van der Waals surface area (Å²) in [6.07, 6.45) is 1.57. The number of nitrogens with zero attached hydrogens (tertiary/aromatic N) is 4. The molecule has 39 heavy (non-hydrogen) atoms. The molecule has 1 amide bonds. The highest BCUT2D eigenvalue weighted by atomic mass is 32.2. The van der Waals surface area contributed by atoms with Gasteiger partial charge in [-0.1, -0.05) is 60.7 Å². The molecule has 0 radical (unpaired) electrons. The molecule has 4 rings (SSSR count). The third-order valence-corrected chi connectivity index (χ3v) is 7.95. The van der Waals surface area contributed by atoms with Crippen molar-refractivity contribution < 1.29 is 17.9 Å². The Morgan fingerprint density at radius 3 is 2.08 bits per heavy atom. The summed E-state index contributed by atoms with van der Waals surface area (Å²) in [6.45, 7) is 1.63. The maximum atomic E-state index is 13.6. The van der Waals surface area contributed by atoms with E-state index in [1.807, 2.05) is 67.5 Å². The van der Waals surface area contributed by atoms with Gasteiger partial charge in [0.05, 0.1) is 37.8 Å². The number of carbonyl (C=O) groups excluding carboxylic acids is 1. The number of aromatic nitrogens is 2. The van der Waals surface area contributed by atoms with Crippen LogP contribution in [0, 0.1) is 0 Å². The maximum Gasteiger partial charge on any atom is 0.254 e. The quantitative estimate of drug-likeness (QED) is 0.266. The highest BCUT2D eigenvalue weighted by molar-refractivity contribution is 7.90. The molecule has 0 fully saturated rings. The van der Waals surface area contributed by atoms with Crippen LogP contribution in [0.4, 0.5) is 0 Å². The second-order valence-corrected chi connectivity index (χ2v) is 11.5. The van der Waals surface area contributed by atoms with Crippen LogP contribution in [0.3, 0.4) is 0 Å². The van der Waals surface area contributed by atoms with Crippen molar-refractivity contribution in [2.75, 3.05) is 34.3 Å². The molecule has 8 nitrogen and oxygen atoms in total. The molecule has 0 unspecified atom stereocenters. The van der Waals surface area contributed by atoms with E-state index in [0.29, 0.717) is 42.2 Å². The molecule has 0 aliphatic carbocycles. The van der Waals surface area contributed by atoms with Gasteiger partial charge in [0.25, 0.3) is 5.91 Å². The fourth-order valence-corrected chi connectivity index (χ4v) is 5.74. The molecule has 0 saturated carbocycles. The van der Waals surface area contributed by atoms with Crippen LogP contribution < -0.4 is 4.74 Å². The Morgan fingerprint density at radius 1 is 0.872 bits per heavy atom. The lowest BCUT2D eigenvalue weighted by atomic mass is 10.2. The average molecular weight is 547 g/mol. The molecule has 0 bridgehead atoms. The number of ether oxygens (including phenoxy) is 1. The summed E-state index contributed by atoms with van der Waals surface area (Å²) in [6, 6.07) is 25.7. The van der Waals surface area contributed by atoms with Crippen molar-refractivity contribution in [1.29, 1.82) is 0 Å². The van der Waals surface area contributed by atoms with E-state index >= 15 is 0 Å². The smallest absolute Gasteiger partial charge is 0.254 e. The van der Waals surface area contributed by atoms with Crippen LogP contribution in [-0.2, 0) is 28.7 Å². The summed E-state index contributed by atoms with van der Waals surface area (Å²) in [7, 11) is 1.72. The summed E-state index contributed by atoms with van der Waals surface area (Å²) in [4.78, 5) is 21.7. The molecule has 204 valence electrons. The minimum atomic E-state index is -3.76. The molecule has 0 atom stereocenters. The summed E-state index contributed by atoms with van der Waals surface area (Å²) in [5.41, 5.74) is 2.80. The fraction of sp³-hybridized carbons (Fsp3) is 0.267. The summed E-state index contributed by atoms with van der Waals surface area (Å²) in [5.74, 6) is 0.357. The summed E-state index contributed by atoms with van der Waals surface area (Å²) < 4.78 is 34.1. The zero-order chi connectivity index (χ0) is 27.8. The topological polar surface area (TPSA) is 84.7 Å². The van der Waals surface area contributed by atoms with E-state index in [9.17, 15) is 13.2 Å². The number of hydrogen-bond donors (Lipinski definition) is 0. The second-order valence-electron chi connectivity index (χ2n) is 9.61. The van der Waals surface area contributed by atoms with Gasteiger partial charge >= 0.3 is 0 Å². The first-order valence-corrected chi connectivity index (χ1v) is 14.3. The number of carbonyl (C=O) groups is 1. The molecular weight excluding hydrogens is 512 g/mol. The van der Waals surface area contributed by atoms with Gasteiger partial charge in [0.15, 0.2) is 0 Å². The molecule has 3 aromatic carbocycles. The lowest BCUT2D eigenvalue weighted by Gasteiger charge is -2.25. The number of hydrogen-bond acceptors (Lipinski definition) is 6. The van der Waals surface area contributed by atoms with Crippen LogP contribution in [0.15, 0.2) is 96.3 Å². The largest absolute Gasteiger partial charge is 0.497 e. The van der Waals surface area contributed by atoms with E-state index in [1.165, 1.54) is 0 Å². The van der Waals surface area contributed by atoms with Crippen LogP contribution in [0.5, 0.6) is 5.75 Å². The van der Waals surface area contributed by atoms with Crippen LogP contribution in [0.1, 0.15) is 27.2 Å². The molecule has 0 saturated heterocycles. The summed E-state index contributed by atoms with van der Waals surface area (Å²) in [5, 5.41) is -0.00494. The van der Waals surface area contributed by atoms with Gasteiger partial charge in [0.2, 0.25) is 15.0 Å². The van der Waals surface area contributed by atoms with Gasteiger partial charge in [-0.15, -0.1) is 0 Å². The molecule has 1 heterocycles. The van der Waals surface area contributed by atoms with E-state index in [4.69, 9.17) is 4.74 Å².